The van der Waals surface area contributed by atoms with E-state index in [1.807, 2.05) is 13.1 Å². The molecule has 0 aromatic heterocycles. The van der Waals surface area contributed by atoms with Crippen LogP contribution in [0.4, 0.5) is 5.69 Å². The maximum Gasteiger partial charge on any atom is 0.191 e. The van der Waals surface area contributed by atoms with E-state index in [4.69, 9.17) is 9.47 Å². The van der Waals surface area contributed by atoms with Crippen LogP contribution in [0.2, 0.25) is 0 Å². The first kappa shape index (κ1) is 22.9. The number of ether oxygens (including phenoxy) is 2. The number of piperidine rings is 1. The second kappa shape index (κ2) is 11.6. The molecule has 2 fully saturated rings. The van der Waals surface area contributed by atoms with E-state index in [1.165, 1.54) is 25.7 Å². The predicted octanol–water partition coefficient (Wildman–Crippen LogP) is 3.65. The van der Waals surface area contributed by atoms with Gasteiger partial charge >= 0.3 is 0 Å². The smallest absolute Gasteiger partial charge is 0.191 e. The SMILES string of the molecule is CN=C(NCCCC1CC1)NC1CCN(c2cc(OC)cc(OC)c2)CC1.I. The minimum Gasteiger partial charge on any atom is -0.497 e. The molecule has 0 spiro atoms. The number of methoxy groups -OCH3 is 2. The molecule has 28 heavy (non-hydrogen) atoms. The Morgan fingerprint density at radius 2 is 1.71 bits per heavy atom. The summed E-state index contributed by atoms with van der Waals surface area (Å²) < 4.78 is 10.8. The zero-order valence-electron chi connectivity index (χ0n) is 17.4. The first-order valence-electron chi connectivity index (χ1n) is 10.2. The van der Waals surface area contributed by atoms with E-state index >= 15 is 0 Å². The quantitative estimate of drug-likeness (QED) is 0.246. The van der Waals surface area contributed by atoms with Gasteiger partial charge in [0.25, 0.3) is 0 Å². The van der Waals surface area contributed by atoms with Gasteiger partial charge in [-0.15, -0.1) is 24.0 Å². The number of benzene rings is 1. The first-order valence-corrected chi connectivity index (χ1v) is 10.2. The Hall–Kier alpha value is -1.38. The first-order chi connectivity index (χ1) is 13.2. The highest BCUT2D eigenvalue weighted by molar-refractivity contribution is 14.0. The van der Waals surface area contributed by atoms with E-state index in [0.29, 0.717) is 6.04 Å². The molecule has 158 valence electrons. The molecule has 0 amide bonds. The fraction of sp³-hybridized carbons (Fsp3) is 0.667. The molecule has 1 aliphatic heterocycles. The van der Waals surface area contributed by atoms with Gasteiger partial charge in [0, 0.05) is 56.6 Å². The normalized spacial score (nSPS) is 17.7. The topological polar surface area (TPSA) is 58.1 Å². The minimum absolute atomic E-state index is 0. The maximum absolute atomic E-state index is 5.40. The molecule has 2 aliphatic rings. The number of hydrogen-bond donors (Lipinski definition) is 2. The largest absolute Gasteiger partial charge is 0.497 e. The molecule has 1 aliphatic carbocycles. The lowest BCUT2D eigenvalue weighted by molar-refractivity contribution is 0.393. The Morgan fingerprint density at radius 3 is 2.25 bits per heavy atom. The van der Waals surface area contributed by atoms with Crippen LogP contribution in [0, 0.1) is 5.92 Å². The van der Waals surface area contributed by atoms with Gasteiger partial charge in [-0.3, -0.25) is 4.99 Å². The third-order valence-corrected chi connectivity index (χ3v) is 5.54. The van der Waals surface area contributed by atoms with E-state index in [2.05, 4.69) is 32.7 Å². The standard InChI is InChI=1S/C21H34N4O2.HI/c1-22-21(23-10-4-5-16-6-7-16)24-17-8-11-25(12-9-17)18-13-19(26-2)15-20(14-18)27-3;/h13-17H,4-12H2,1-3H3,(H2,22,23,24);1H. The molecule has 1 aromatic carbocycles. The molecule has 1 aromatic rings. The van der Waals surface area contributed by atoms with E-state index in [0.717, 1.165) is 61.5 Å². The number of rotatable bonds is 8. The number of anilines is 1. The third kappa shape index (κ3) is 6.90. The van der Waals surface area contributed by atoms with Crippen LogP contribution >= 0.6 is 24.0 Å². The lowest BCUT2D eigenvalue weighted by Gasteiger charge is -2.34. The van der Waals surface area contributed by atoms with Gasteiger partial charge in [-0.05, 0) is 31.6 Å². The highest BCUT2D eigenvalue weighted by atomic mass is 127. The number of nitrogens with one attached hydrogen (secondary N) is 2. The number of aliphatic imine (C=N–C) groups is 1. The number of guanidine groups is 1. The van der Waals surface area contributed by atoms with Gasteiger partial charge in [0.05, 0.1) is 14.2 Å². The van der Waals surface area contributed by atoms with E-state index in [-0.39, 0.29) is 24.0 Å². The molecule has 1 saturated heterocycles. The van der Waals surface area contributed by atoms with Crippen LogP contribution in [0.15, 0.2) is 23.2 Å². The van der Waals surface area contributed by atoms with Crippen LogP contribution in [-0.4, -0.2) is 52.9 Å². The van der Waals surface area contributed by atoms with E-state index in [1.54, 1.807) is 14.2 Å². The average Bonchev–Trinajstić information content (AvgIpc) is 3.54. The van der Waals surface area contributed by atoms with Crippen molar-refractivity contribution in [1.29, 1.82) is 0 Å². The highest BCUT2D eigenvalue weighted by Crippen LogP contribution is 2.33. The van der Waals surface area contributed by atoms with Gasteiger partial charge in [-0.2, -0.15) is 0 Å². The zero-order chi connectivity index (χ0) is 19.1. The molecule has 6 nitrogen and oxygen atoms in total. The Morgan fingerprint density at radius 1 is 1.07 bits per heavy atom. The van der Waals surface area contributed by atoms with Crippen molar-refractivity contribution in [2.75, 3.05) is 45.8 Å². The highest BCUT2D eigenvalue weighted by Gasteiger charge is 2.22. The van der Waals surface area contributed by atoms with Crippen LogP contribution in [0.1, 0.15) is 38.5 Å². The lowest BCUT2D eigenvalue weighted by atomic mass is 10.0. The van der Waals surface area contributed by atoms with Gasteiger partial charge in [-0.1, -0.05) is 12.8 Å². The van der Waals surface area contributed by atoms with Crippen LogP contribution < -0.4 is 25.0 Å². The lowest BCUT2D eigenvalue weighted by Crippen LogP contribution is -2.48. The zero-order valence-corrected chi connectivity index (χ0v) is 19.7. The number of hydrogen-bond acceptors (Lipinski definition) is 4. The summed E-state index contributed by atoms with van der Waals surface area (Å²) >= 11 is 0. The Balaban J connectivity index is 0.00000280. The summed E-state index contributed by atoms with van der Waals surface area (Å²) in [5.74, 6) is 3.61. The fourth-order valence-electron chi connectivity index (χ4n) is 3.65. The van der Waals surface area contributed by atoms with Crippen molar-refractivity contribution in [3.63, 3.8) is 0 Å². The molecule has 0 unspecified atom stereocenters. The van der Waals surface area contributed by atoms with E-state index < -0.39 is 0 Å². The Kier molecular flexibility index (Phi) is 9.47. The fourth-order valence-corrected chi connectivity index (χ4v) is 3.65. The third-order valence-electron chi connectivity index (χ3n) is 5.54. The second-order valence-electron chi connectivity index (χ2n) is 7.56. The summed E-state index contributed by atoms with van der Waals surface area (Å²) in [6, 6.07) is 6.53. The molecule has 0 radical (unpaired) electrons. The molecule has 0 atom stereocenters. The van der Waals surface area contributed by atoms with Gasteiger partial charge in [0.2, 0.25) is 0 Å². The van der Waals surface area contributed by atoms with Gasteiger partial charge in [-0.25, -0.2) is 0 Å². The molecule has 2 N–H and O–H groups in total. The van der Waals surface area contributed by atoms with Crippen molar-refractivity contribution >= 4 is 35.6 Å². The van der Waals surface area contributed by atoms with E-state index in [9.17, 15) is 0 Å². The summed E-state index contributed by atoms with van der Waals surface area (Å²) in [6.07, 6.45) is 7.63. The molecule has 3 rings (SSSR count). The summed E-state index contributed by atoms with van der Waals surface area (Å²) in [6.45, 7) is 3.03. The minimum atomic E-state index is 0. The summed E-state index contributed by atoms with van der Waals surface area (Å²) in [5, 5.41) is 7.05. The van der Waals surface area contributed by atoms with Crippen molar-refractivity contribution in [2.45, 2.75) is 44.6 Å². The molecule has 1 saturated carbocycles. The van der Waals surface area contributed by atoms with Crippen LogP contribution in [-0.2, 0) is 0 Å². The maximum atomic E-state index is 5.40. The van der Waals surface area contributed by atoms with Crippen LogP contribution in [0.5, 0.6) is 11.5 Å². The predicted molar refractivity (Wildman–Crippen MR) is 127 cm³/mol. The Bertz CT molecular complexity index is 607. The van der Waals surface area contributed by atoms with Crippen molar-refractivity contribution in [1.82, 2.24) is 10.6 Å². The number of halogens is 1. The van der Waals surface area contributed by atoms with Crippen molar-refractivity contribution in [3.05, 3.63) is 18.2 Å². The van der Waals surface area contributed by atoms with Gasteiger partial charge in [0.1, 0.15) is 11.5 Å². The summed E-state index contributed by atoms with van der Waals surface area (Å²) in [4.78, 5) is 6.78. The number of nitrogens with zero attached hydrogens (tertiary/aromatic N) is 2. The molecule has 1 heterocycles. The van der Waals surface area contributed by atoms with Crippen LogP contribution in [0.3, 0.4) is 0 Å². The van der Waals surface area contributed by atoms with Gasteiger partial charge in [0.15, 0.2) is 5.96 Å². The monoisotopic (exact) mass is 502 g/mol. The molecular formula is C21H35IN4O2. The Labute approximate surface area is 186 Å². The molecular weight excluding hydrogens is 467 g/mol. The van der Waals surface area contributed by atoms with Gasteiger partial charge < -0.3 is 25.0 Å². The van der Waals surface area contributed by atoms with Crippen molar-refractivity contribution in [2.24, 2.45) is 10.9 Å². The summed E-state index contributed by atoms with van der Waals surface area (Å²) in [5.41, 5.74) is 1.16. The van der Waals surface area contributed by atoms with Crippen molar-refractivity contribution in [3.8, 4) is 11.5 Å². The second-order valence-corrected chi connectivity index (χ2v) is 7.56. The molecule has 7 heteroatoms. The summed E-state index contributed by atoms with van der Waals surface area (Å²) in [7, 11) is 5.24. The average molecular weight is 502 g/mol. The van der Waals surface area contributed by atoms with Crippen LogP contribution in [0.25, 0.3) is 0 Å². The van der Waals surface area contributed by atoms with Crippen molar-refractivity contribution < 1.29 is 9.47 Å². The molecule has 0 bridgehead atoms.